The number of aryl methyl sites for hydroxylation is 1. The maximum Gasteiger partial charge on any atom is 0.341 e. The molecule has 0 unspecified atom stereocenters. The smallest absolute Gasteiger partial charge is 0.341 e. The minimum Gasteiger partial charge on any atom is -0.506 e. The van der Waals surface area contributed by atoms with E-state index in [-0.39, 0.29) is 16.6 Å². The number of hydrogen-bond acceptors (Lipinski definition) is 4. The third-order valence-corrected chi connectivity index (χ3v) is 4.80. The highest BCUT2D eigenvalue weighted by Gasteiger charge is 2.23. The summed E-state index contributed by atoms with van der Waals surface area (Å²) < 4.78 is 3.48. The molecule has 0 saturated carbocycles. The number of para-hydroxylation sites is 2. The van der Waals surface area contributed by atoms with Gasteiger partial charge in [0.25, 0.3) is 11.1 Å². The van der Waals surface area contributed by atoms with Gasteiger partial charge in [0.1, 0.15) is 16.8 Å². The summed E-state index contributed by atoms with van der Waals surface area (Å²) in [4.78, 5) is 39.2. The third-order valence-electron chi connectivity index (χ3n) is 4.80. The van der Waals surface area contributed by atoms with Crippen molar-refractivity contribution in [1.82, 2.24) is 13.7 Å². The van der Waals surface area contributed by atoms with Crippen LogP contribution in [0.1, 0.15) is 5.56 Å². The zero-order valence-electron chi connectivity index (χ0n) is 15.3. The molecule has 0 amide bonds. The van der Waals surface area contributed by atoms with Crippen molar-refractivity contribution >= 4 is 11.0 Å². The van der Waals surface area contributed by atoms with Gasteiger partial charge in [0.2, 0.25) is 0 Å². The minimum atomic E-state index is -0.686. The summed E-state index contributed by atoms with van der Waals surface area (Å²) in [5.74, 6) is -0.419. The van der Waals surface area contributed by atoms with E-state index in [1.54, 1.807) is 60.7 Å². The van der Waals surface area contributed by atoms with Gasteiger partial charge in [-0.25, -0.2) is 13.9 Å². The Balaban J connectivity index is 2.35. The molecule has 7 nitrogen and oxygen atoms in total. The third kappa shape index (κ3) is 2.40. The second kappa shape index (κ2) is 6.38. The SMILES string of the molecule is Cc1c(O)c2c(=O)n(-c3ccccc3)c(=O)n(-c3ccccc3)c2n(C)c1=O. The molecule has 4 aromatic rings. The first-order valence-corrected chi connectivity index (χ1v) is 8.64. The monoisotopic (exact) mass is 375 g/mol. The number of aromatic hydroxyl groups is 1. The van der Waals surface area contributed by atoms with Crippen molar-refractivity contribution in [2.45, 2.75) is 6.92 Å². The van der Waals surface area contributed by atoms with Crippen LogP contribution in [0.15, 0.2) is 75.0 Å². The van der Waals surface area contributed by atoms with E-state index in [0.29, 0.717) is 11.4 Å². The lowest BCUT2D eigenvalue weighted by Gasteiger charge is -2.17. The number of rotatable bonds is 2. The molecule has 0 atom stereocenters. The number of aromatic nitrogens is 3. The number of fused-ring (bicyclic) bond motifs is 1. The predicted molar refractivity (Wildman–Crippen MR) is 107 cm³/mol. The lowest BCUT2D eigenvalue weighted by atomic mass is 10.2. The van der Waals surface area contributed by atoms with Crippen molar-refractivity contribution in [3.8, 4) is 17.1 Å². The number of hydrogen-bond donors (Lipinski definition) is 1. The second-order valence-electron chi connectivity index (χ2n) is 6.47. The first-order chi connectivity index (χ1) is 13.4. The zero-order valence-corrected chi connectivity index (χ0v) is 15.3. The van der Waals surface area contributed by atoms with Crippen molar-refractivity contribution in [3.05, 3.63) is 97.4 Å². The van der Waals surface area contributed by atoms with Gasteiger partial charge in [-0.3, -0.25) is 14.2 Å². The molecule has 7 heteroatoms. The molecule has 4 rings (SSSR count). The molecule has 2 aromatic heterocycles. The standard InChI is InChI=1S/C21H17N3O4/c1-13-17(25)16-18(22(2)19(13)26)23(14-9-5-3-6-10-14)21(28)24(20(16)27)15-11-7-4-8-12-15/h3-12,25H,1-2H3. The van der Waals surface area contributed by atoms with Crippen LogP contribution in [0.25, 0.3) is 22.4 Å². The molecule has 2 heterocycles. The Labute approximate surface area is 159 Å². The van der Waals surface area contributed by atoms with Crippen molar-refractivity contribution in [3.63, 3.8) is 0 Å². The molecule has 0 radical (unpaired) electrons. The normalized spacial score (nSPS) is 11.1. The van der Waals surface area contributed by atoms with Crippen LogP contribution in [0, 0.1) is 6.92 Å². The molecular formula is C21H17N3O4. The molecule has 0 saturated heterocycles. The molecule has 2 aromatic carbocycles. The van der Waals surface area contributed by atoms with Gasteiger partial charge < -0.3 is 5.11 Å². The molecule has 0 aliphatic rings. The fourth-order valence-electron chi connectivity index (χ4n) is 3.37. The van der Waals surface area contributed by atoms with E-state index in [9.17, 15) is 19.5 Å². The Morgan fingerprint density at radius 1 is 0.750 bits per heavy atom. The summed E-state index contributed by atoms with van der Waals surface area (Å²) in [6.45, 7) is 1.45. The van der Waals surface area contributed by atoms with E-state index in [1.807, 2.05) is 0 Å². The topological polar surface area (TPSA) is 86.2 Å². The first kappa shape index (κ1) is 17.5. The van der Waals surface area contributed by atoms with Crippen molar-refractivity contribution in [1.29, 1.82) is 0 Å². The summed E-state index contributed by atoms with van der Waals surface area (Å²) in [5, 5.41) is 10.5. The van der Waals surface area contributed by atoms with Gasteiger partial charge in [-0.1, -0.05) is 36.4 Å². The Morgan fingerprint density at radius 3 is 1.79 bits per heavy atom. The zero-order chi connectivity index (χ0) is 20.0. The Kier molecular flexibility index (Phi) is 4.00. The van der Waals surface area contributed by atoms with Crippen LogP contribution >= 0.6 is 0 Å². The highest BCUT2D eigenvalue weighted by atomic mass is 16.3. The first-order valence-electron chi connectivity index (χ1n) is 8.64. The number of benzene rings is 2. The maximum absolute atomic E-state index is 13.4. The van der Waals surface area contributed by atoms with E-state index in [2.05, 4.69) is 0 Å². The van der Waals surface area contributed by atoms with Crippen LogP contribution < -0.4 is 16.8 Å². The Hall–Kier alpha value is -3.87. The van der Waals surface area contributed by atoms with Gasteiger partial charge in [-0.15, -0.1) is 0 Å². The van der Waals surface area contributed by atoms with Crippen molar-refractivity contribution < 1.29 is 5.11 Å². The quantitative estimate of drug-likeness (QED) is 0.579. The summed E-state index contributed by atoms with van der Waals surface area (Å²) in [6.07, 6.45) is 0. The largest absolute Gasteiger partial charge is 0.506 e. The Morgan fingerprint density at radius 2 is 1.25 bits per heavy atom. The van der Waals surface area contributed by atoms with Gasteiger partial charge >= 0.3 is 5.69 Å². The molecular weight excluding hydrogens is 358 g/mol. The van der Waals surface area contributed by atoms with E-state index in [0.717, 1.165) is 4.57 Å². The van der Waals surface area contributed by atoms with Crippen LogP contribution in [-0.4, -0.2) is 18.8 Å². The molecule has 0 aliphatic heterocycles. The van der Waals surface area contributed by atoms with Gasteiger partial charge in [-0.05, 0) is 31.2 Å². The molecule has 140 valence electrons. The van der Waals surface area contributed by atoms with Crippen LogP contribution in [0.3, 0.4) is 0 Å². The van der Waals surface area contributed by atoms with Gasteiger partial charge in [0.05, 0.1) is 16.9 Å². The van der Waals surface area contributed by atoms with Crippen LogP contribution in [0.4, 0.5) is 0 Å². The highest BCUT2D eigenvalue weighted by Crippen LogP contribution is 2.23. The molecule has 0 fully saturated rings. The summed E-state index contributed by atoms with van der Waals surface area (Å²) in [7, 11) is 1.47. The van der Waals surface area contributed by atoms with Gasteiger partial charge in [0, 0.05) is 7.05 Å². The van der Waals surface area contributed by atoms with Crippen LogP contribution in [0.2, 0.25) is 0 Å². The molecule has 0 spiro atoms. The fraction of sp³-hybridized carbons (Fsp3) is 0.0952. The summed E-state index contributed by atoms with van der Waals surface area (Å²) >= 11 is 0. The average Bonchev–Trinajstić information content (AvgIpc) is 2.72. The number of pyridine rings is 1. The van der Waals surface area contributed by atoms with E-state index < -0.39 is 22.6 Å². The second-order valence-corrected chi connectivity index (χ2v) is 6.47. The lowest BCUT2D eigenvalue weighted by molar-refractivity contribution is 0.473. The summed E-state index contributed by atoms with van der Waals surface area (Å²) in [6, 6.07) is 17.2. The summed E-state index contributed by atoms with van der Waals surface area (Å²) in [5.41, 5.74) is -0.865. The van der Waals surface area contributed by atoms with Crippen LogP contribution in [-0.2, 0) is 7.05 Å². The molecule has 0 bridgehead atoms. The molecule has 1 N–H and O–H groups in total. The van der Waals surface area contributed by atoms with Crippen LogP contribution in [0.5, 0.6) is 5.75 Å². The lowest BCUT2D eigenvalue weighted by Crippen LogP contribution is -2.40. The average molecular weight is 375 g/mol. The van der Waals surface area contributed by atoms with E-state index >= 15 is 0 Å². The molecule has 0 aliphatic carbocycles. The number of nitrogens with zero attached hydrogens (tertiary/aromatic N) is 3. The Bertz CT molecular complexity index is 1380. The minimum absolute atomic E-state index is 0.0430. The van der Waals surface area contributed by atoms with Gasteiger partial charge in [-0.2, -0.15) is 0 Å². The van der Waals surface area contributed by atoms with Crippen molar-refractivity contribution in [2.75, 3.05) is 0 Å². The van der Waals surface area contributed by atoms with Crippen molar-refractivity contribution in [2.24, 2.45) is 7.05 Å². The predicted octanol–water partition coefficient (Wildman–Crippen LogP) is 1.85. The fourth-order valence-corrected chi connectivity index (χ4v) is 3.37. The van der Waals surface area contributed by atoms with E-state index in [1.165, 1.54) is 23.1 Å². The highest BCUT2D eigenvalue weighted by molar-refractivity contribution is 5.84. The molecule has 28 heavy (non-hydrogen) atoms. The van der Waals surface area contributed by atoms with Gasteiger partial charge in [0.15, 0.2) is 0 Å². The maximum atomic E-state index is 13.4. The van der Waals surface area contributed by atoms with E-state index in [4.69, 9.17) is 0 Å².